The van der Waals surface area contributed by atoms with Crippen LogP contribution in [0.4, 0.5) is 0 Å². The van der Waals surface area contributed by atoms with Crippen molar-refractivity contribution < 1.29 is 9.53 Å². The molecule has 0 aliphatic rings. The van der Waals surface area contributed by atoms with Gasteiger partial charge in [-0.3, -0.25) is 4.68 Å². The van der Waals surface area contributed by atoms with Gasteiger partial charge in [-0.25, -0.2) is 4.79 Å². The third-order valence-corrected chi connectivity index (χ3v) is 3.37. The number of aryl methyl sites for hydroxylation is 3. The number of hydrogen-bond acceptors (Lipinski definition) is 5. The number of ether oxygens (including phenoxy) is 1. The summed E-state index contributed by atoms with van der Waals surface area (Å²) in [4.78, 5) is 11.9. The smallest absolute Gasteiger partial charge is 0.376 e. The van der Waals surface area contributed by atoms with E-state index in [1.807, 2.05) is 32.5 Å². The summed E-state index contributed by atoms with van der Waals surface area (Å²) < 4.78 is 8.59. The van der Waals surface area contributed by atoms with Crippen molar-refractivity contribution in [3.63, 3.8) is 0 Å². The lowest BCUT2D eigenvalue weighted by Crippen LogP contribution is -2.15. The number of carbonyl (C=O) groups is 1. The zero-order valence-electron chi connectivity index (χ0n) is 12.5. The molecule has 0 aliphatic heterocycles. The summed E-state index contributed by atoms with van der Waals surface area (Å²) in [5.74, 6) is 0.454. The molecule has 2 rings (SSSR count). The van der Waals surface area contributed by atoms with Crippen molar-refractivity contribution in [2.75, 3.05) is 6.61 Å². The second-order valence-corrected chi connectivity index (χ2v) is 4.65. The van der Waals surface area contributed by atoms with Crippen LogP contribution in [0.5, 0.6) is 0 Å². The van der Waals surface area contributed by atoms with Crippen molar-refractivity contribution in [1.29, 1.82) is 0 Å². The number of rotatable bonds is 4. The summed E-state index contributed by atoms with van der Waals surface area (Å²) in [7, 11) is 1.90. The van der Waals surface area contributed by atoms with E-state index < -0.39 is 5.97 Å². The van der Waals surface area contributed by atoms with Crippen molar-refractivity contribution in [2.45, 2.75) is 34.2 Å². The molecule has 2 aromatic heterocycles. The summed E-state index contributed by atoms with van der Waals surface area (Å²) in [5, 5.41) is 12.3. The monoisotopic (exact) mass is 277 g/mol. The summed E-state index contributed by atoms with van der Waals surface area (Å²) in [5.41, 5.74) is 3.07. The Labute approximate surface area is 117 Å². The molecule has 0 unspecified atom stereocenters. The maximum absolute atomic E-state index is 11.9. The molecule has 0 aliphatic carbocycles. The maximum Gasteiger partial charge on any atom is 0.376 e. The van der Waals surface area contributed by atoms with Crippen molar-refractivity contribution in [3.05, 3.63) is 28.6 Å². The minimum Gasteiger partial charge on any atom is -0.460 e. The quantitative estimate of drug-likeness (QED) is 0.784. The lowest BCUT2D eigenvalue weighted by atomic mass is 10.2. The normalized spacial score (nSPS) is 10.8. The fraction of sp³-hybridized carbons (Fsp3) is 0.538. The second kappa shape index (κ2) is 5.44. The van der Waals surface area contributed by atoms with Crippen molar-refractivity contribution in [3.8, 4) is 0 Å². The van der Waals surface area contributed by atoms with Gasteiger partial charge in [0, 0.05) is 18.3 Å². The Morgan fingerprint density at radius 3 is 2.50 bits per heavy atom. The highest BCUT2D eigenvalue weighted by Gasteiger charge is 2.20. The van der Waals surface area contributed by atoms with E-state index in [-0.39, 0.29) is 5.82 Å². The van der Waals surface area contributed by atoms with Gasteiger partial charge in [-0.1, -0.05) is 0 Å². The predicted octanol–water partition coefficient (Wildman–Crippen LogP) is 1.16. The Hall–Kier alpha value is -2.18. The molecule has 2 aromatic rings. The van der Waals surface area contributed by atoms with Gasteiger partial charge in [0.25, 0.3) is 0 Å². The molecule has 0 saturated carbocycles. The van der Waals surface area contributed by atoms with Crippen LogP contribution in [0.3, 0.4) is 0 Å². The first-order chi connectivity index (χ1) is 9.45. The Kier molecular flexibility index (Phi) is 3.87. The molecule has 108 valence electrons. The fourth-order valence-electron chi connectivity index (χ4n) is 2.12. The SMILES string of the molecule is CCOC(=O)c1nnc(C)n1Cc1c(C)nn(C)c1C. The molecule has 0 aromatic carbocycles. The first-order valence-electron chi connectivity index (χ1n) is 6.51. The molecule has 0 spiro atoms. The largest absolute Gasteiger partial charge is 0.460 e. The van der Waals surface area contributed by atoms with Crippen molar-refractivity contribution >= 4 is 5.97 Å². The zero-order valence-corrected chi connectivity index (χ0v) is 12.5. The first-order valence-corrected chi connectivity index (χ1v) is 6.51. The minimum absolute atomic E-state index is 0.229. The molecule has 0 radical (unpaired) electrons. The van der Waals surface area contributed by atoms with Gasteiger partial charge in [-0.05, 0) is 27.7 Å². The molecule has 0 atom stereocenters. The van der Waals surface area contributed by atoms with Gasteiger partial charge in [0.05, 0.1) is 18.8 Å². The van der Waals surface area contributed by atoms with Gasteiger partial charge in [-0.15, -0.1) is 10.2 Å². The number of esters is 1. The van der Waals surface area contributed by atoms with Gasteiger partial charge in [0.1, 0.15) is 5.82 Å². The Bertz CT molecular complexity index is 641. The van der Waals surface area contributed by atoms with E-state index in [0.717, 1.165) is 17.0 Å². The third kappa shape index (κ3) is 2.43. The highest BCUT2D eigenvalue weighted by Crippen LogP contribution is 2.16. The lowest BCUT2D eigenvalue weighted by molar-refractivity contribution is 0.0506. The van der Waals surface area contributed by atoms with Gasteiger partial charge in [-0.2, -0.15) is 5.10 Å². The highest BCUT2D eigenvalue weighted by molar-refractivity contribution is 5.85. The molecule has 7 heteroatoms. The average molecular weight is 277 g/mol. The topological polar surface area (TPSA) is 74.8 Å². The van der Waals surface area contributed by atoms with E-state index in [2.05, 4.69) is 15.3 Å². The second-order valence-electron chi connectivity index (χ2n) is 4.65. The van der Waals surface area contributed by atoms with Crippen LogP contribution in [0.1, 0.15) is 40.3 Å². The third-order valence-electron chi connectivity index (χ3n) is 3.37. The molecule has 2 heterocycles. The Morgan fingerprint density at radius 1 is 1.25 bits per heavy atom. The van der Waals surface area contributed by atoms with Crippen LogP contribution in [0.2, 0.25) is 0 Å². The van der Waals surface area contributed by atoms with Crippen molar-refractivity contribution in [1.82, 2.24) is 24.5 Å². The predicted molar refractivity (Wildman–Crippen MR) is 72.5 cm³/mol. The maximum atomic E-state index is 11.9. The first kappa shape index (κ1) is 14.2. The molecule has 0 N–H and O–H groups in total. The van der Waals surface area contributed by atoms with E-state index in [1.54, 1.807) is 11.5 Å². The van der Waals surface area contributed by atoms with Crippen LogP contribution >= 0.6 is 0 Å². The molecule has 0 bridgehead atoms. The molecule has 20 heavy (non-hydrogen) atoms. The van der Waals surface area contributed by atoms with Gasteiger partial charge < -0.3 is 9.30 Å². The van der Waals surface area contributed by atoms with E-state index in [1.165, 1.54) is 0 Å². The van der Waals surface area contributed by atoms with Gasteiger partial charge in [0.2, 0.25) is 5.82 Å². The zero-order chi connectivity index (χ0) is 14.9. The minimum atomic E-state index is -0.452. The van der Waals surface area contributed by atoms with Crippen LogP contribution in [0, 0.1) is 20.8 Å². The van der Waals surface area contributed by atoms with Crippen LogP contribution in [0.25, 0.3) is 0 Å². The molecular weight excluding hydrogens is 258 g/mol. The molecule has 7 nitrogen and oxygen atoms in total. The van der Waals surface area contributed by atoms with E-state index in [9.17, 15) is 4.79 Å². The number of nitrogens with zero attached hydrogens (tertiary/aromatic N) is 5. The van der Waals surface area contributed by atoms with E-state index >= 15 is 0 Å². The van der Waals surface area contributed by atoms with Crippen LogP contribution in [-0.2, 0) is 18.3 Å². The molecule has 0 fully saturated rings. The average Bonchev–Trinajstić information content (AvgIpc) is 2.86. The van der Waals surface area contributed by atoms with Gasteiger partial charge in [0.15, 0.2) is 0 Å². The van der Waals surface area contributed by atoms with Crippen LogP contribution in [-0.4, -0.2) is 37.1 Å². The Morgan fingerprint density at radius 2 is 1.95 bits per heavy atom. The number of carbonyl (C=O) groups excluding carboxylic acids is 1. The van der Waals surface area contributed by atoms with Crippen molar-refractivity contribution in [2.24, 2.45) is 7.05 Å². The molecule has 0 saturated heterocycles. The molecular formula is C13H19N5O2. The summed E-state index contributed by atoms with van der Waals surface area (Å²) >= 11 is 0. The van der Waals surface area contributed by atoms with Crippen LogP contribution < -0.4 is 0 Å². The van der Waals surface area contributed by atoms with E-state index in [0.29, 0.717) is 19.0 Å². The highest BCUT2D eigenvalue weighted by atomic mass is 16.5. The Balaban J connectivity index is 2.38. The summed E-state index contributed by atoms with van der Waals surface area (Å²) in [6.07, 6.45) is 0. The molecule has 0 amide bonds. The lowest BCUT2D eigenvalue weighted by Gasteiger charge is -2.08. The standard InChI is InChI=1S/C13H19N5O2/c1-6-20-13(19)12-15-14-10(4)18(12)7-11-8(2)16-17(5)9(11)3/h6-7H2,1-5H3. The fourth-order valence-corrected chi connectivity index (χ4v) is 2.12. The van der Waals surface area contributed by atoms with E-state index in [4.69, 9.17) is 4.74 Å². The summed E-state index contributed by atoms with van der Waals surface area (Å²) in [6.45, 7) is 8.36. The number of hydrogen-bond donors (Lipinski definition) is 0. The number of aromatic nitrogens is 5. The summed E-state index contributed by atoms with van der Waals surface area (Å²) in [6, 6.07) is 0. The van der Waals surface area contributed by atoms with Crippen LogP contribution in [0.15, 0.2) is 0 Å². The van der Waals surface area contributed by atoms with Gasteiger partial charge >= 0.3 is 5.97 Å².